The summed E-state index contributed by atoms with van der Waals surface area (Å²) >= 11 is 0. The van der Waals surface area contributed by atoms with Crippen LogP contribution in [0.15, 0.2) is 27.8 Å². The molecule has 1 aromatic heterocycles. The van der Waals surface area contributed by atoms with E-state index in [9.17, 15) is 13.2 Å². The van der Waals surface area contributed by atoms with E-state index >= 15 is 0 Å². The summed E-state index contributed by atoms with van der Waals surface area (Å²) in [6, 6.07) is 3.36. The van der Waals surface area contributed by atoms with Crippen LogP contribution in [0.4, 0.5) is 0 Å². The Labute approximate surface area is 154 Å². The minimum absolute atomic E-state index is 0.0580. The number of carbonyl (C=O) groups excluding carboxylic acids is 1. The van der Waals surface area contributed by atoms with E-state index in [1.807, 2.05) is 6.92 Å². The molecule has 2 rings (SSSR count). The maximum absolute atomic E-state index is 12.3. The van der Waals surface area contributed by atoms with E-state index in [0.717, 1.165) is 5.96 Å². The number of nitrogens with one attached hydrogen (secondary N) is 2. The van der Waals surface area contributed by atoms with Crippen molar-refractivity contribution in [3.63, 3.8) is 0 Å². The molecule has 9 nitrogen and oxygen atoms in total. The number of sulfonamides is 1. The van der Waals surface area contributed by atoms with Gasteiger partial charge in [-0.3, -0.25) is 9.79 Å². The minimum atomic E-state index is -3.20. The molecule has 1 fully saturated rings. The third kappa shape index (κ3) is 5.73. The van der Waals surface area contributed by atoms with Crippen LogP contribution < -0.4 is 10.0 Å². The van der Waals surface area contributed by atoms with Gasteiger partial charge in [-0.1, -0.05) is 0 Å². The van der Waals surface area contributed by atoms with Gasteiger partial charge in [0.2, 0.25) is 10.0 Å². The Balaban J connectivity index is 1.87. The van der Waals surface area contributed by atoms with E-state index in [4.69, 9.17) is 4.42 Å². The highest BCUT2D eigenvalue weighted by molar-refractivity contribution is 7.89. The third-order valence-corrected chi connectivity index (χ3v) is 5.41. The average Bonchev–Trinajstić information content (AvgIpc) is 3.18. The number of aliphatic imine (C=N–C) groups is 1. The summed E-state index contributed by atoms with van der Waals surface area (Å²) < 4.78 is 30.5. The molecule has 146 valence electrons. The van der Waals surface area contributed by atoms with Gasteiger partial charge in [-0.2, -0.15) is 0 Å². The van der Waals surface area contributed by atoms with Crippen molar-refractivity contribution in [3.05, 3.63) is 24.2 Å². The third-order valence-electron chi connectivity index (χ3n) is 4.01. The van der Waals surface area contributed by atoms with Crippen LogP contribution >= 0.6 is 0 Å². The van der Waals surface area contributed by atoms with Crippen molar-refractivity contribution in [2.45, 2.75) is 13.8 Å². The second-order valence-electron chi connectivity index (χ2n) is 5.79. The smallest absolute Gasteiger partial charge is 0.289 e. The van der Waals surface area contributed by atoms with Crippen LogP contribution in [-0.2, 0) is 10.0 Å². The molecule has 1 aliphatic rings. The van der Waals surface area contributed by atoms with E-state index in [2.05, 4.69) is 19.9 Å². The van der Waals surface area contributed by atoms with Gasteiger partial charge in [0.1, 0.15) is 0 Å². The number of guanidine groups is 1. The highest BCUT2D eigenvalue weighted by atomic mass is 32.2. The summed E-state index contributed by atoms with van der Waals surface area (Å²) in [4.78, 5) is 20.6. The monoisotopic (exact) mass is 385 g/mol. The van der Waals surface area contributed by atoms with Gasteiger partial charge in [0.05, 0.1) is 18.6 Å². The van der Waals surface area contributed by atoms with Gasteiger partial charge in [0.15, 0.2) is 11.7 Å². The van der Waals surface area contributed by atoms with Crippen molar-refractivity contribution in [3.8, 4) is 0 Å². The number of amides is 1. The highest BCUT2D eigenvalue weighted by Gasteiger charge is 2.25. The summed E-state index contributed by atoms with van der Waals surface area (Å²) in [5.74, 6) is 1.03. The zero-order valence-corrected chi connectivity index (χ0v) is 16.1. The molecule has 1 amide bonds. The van der Waals surface area contributed by atoms with Crippen molar-refractivity contribution in [1.82, 2.24) is 19.8 Å². The zero-order valence-electron chi connectivity index (χ0n) is 15.3. The number of rotatable bonds is 7. The first-order valence-corrected chi connectivity index (χ1v) is 10.5. The molecule has 0 aromatic carbocycles. The molecular weight excluding hydrogens is 358 g/mol. The van der Waals surface area contributed by atoms with E-state index in [1.54, 1.807) is 24.0 Å². The molecule has 10 heteroatoms. The average molecular weight is 385 g/mol. The maximum atomic E-state index is 12.3. The lowest BCUT2D eigenvalue weighted by atomic mass is 10.3. The van der Waals surface area contributed by atoms with Crippen LogP contribution in [0.1, 0.15) is 24.4 Å². The van der Waals surface area contributed by atoms with Crippen molar-refractivity contribution in [1.29, 1.82) is 0 Å². The Morgan fingerprint density at radius 3 is 2.50 bits per heavy atom. The number of piperazine rings is 1. The van der Waals surface area contributed by atoms with Gasteiger partial charge in [0.25, 0.3) is 5.91 Å². The Bertz CT molecular complexity index is 694. The summed E-state index contributed by atoms with van der Waals surface area (Å²) in [7, 11) is -3.20. The van der Waals surface area contributed by atoms with Gasteiger partial charge in [0, 0.05) is 39.3 Å². The second kappa shape index (κ2) is 9.58. The Morgan fingerprint density at radius 1 is 1.23 bits per heavy atom. The van der Waals surface area contributed by atoms with Gasteiger partial charge in [-0.25, -0.2) is 13.1 Å². The molecule has 0 aliphatic carbocycles. The number of nitrogens with zero attached hydrogens (tertiary/aromatic N) is 3. The molecule has 2 heterocycles. The zero-order chi connectivity index (χ0) is 19.0. The quantitative estimate of drug-likeness (QED) is 0.387. The first-order valence-electron chi connectivity index (χ1n) is 8.80. The topological polar surface area (TPSA) is 107 Å². The Morgan fingerprint density at radius 2 is 1.92 bits per heavy atom. The van der Waals surface area contributed by atoms with Crippen LogP contribution in [0.3, 0.4) is 0 Å². The molecule has 0 saturated carbocycles. The molecule has 2 N–H and O–H groups in total. The number of furan rings is 1. The van der Waals surface area contributed by atoms with E-state index in [1.165, 1.54) is 6.26 Å². The second-order valence-corrected chi connectivity index (χ2v) is 7.89. The molecule has 0 unspecified atom stereocenters. The summed E-state index contributed by atoms with van der Waals surface area (Å²) in [5, 5.41) is 3.21. The molecule has 0 bridgehead atoms. The molecule has 0 radical (unpaired) electrons. The molecule has 1 aromatic rings. The molecule has 26 heavy (non-hydrogen) atoms. The molecule has 0 atom stereocenters. The van der Waals surface area contributed by atoms with Crippen LogP contribution in [0, 0.1) is 0 Å². The standard InChI is InChI=1S/C16H27N5O4S/c1-3-17-16(18-7-8-19-26(23,24)4-2)21-11-9-20(10-12-21)15(22)14-6-5-13-25-14/h5-6,13,19H,3-4,7-12H2,1-2H3,(H,17,18). The van der Waals surface area contributed by atoms with E-state index in [-0.39, 0.29) is 18.2 Å². The van der Waals surface area contributed by atoms with E-state index in [0.29, 0.717) is 45.0 Å². The van der Waals surface area contributed by atoms with Crippen LogP contribution in [0.2, 0.25) is 0 Å². The molecular formula is C16H27N5O4S. The van der Waals surface area contributed by atoms with Gasteiger partial charge >= 0.3 is 0 Å². The Hall–Kier alpha value is -2.07. The van der Waals surface area contributed by atoms with Crippen molar-refractivity contribution in [2.24, 2.45) is 4.99 Å². The summed E-state index contributed by atoms with van der Waals surface area (Å²) in [5.41, 5.74) is 0. The summed E-state index contributed by atoms with van der Waals surface area (Å²) in [6.45, 7) is 7.36. The maximum Gasteiger partial charge on any atom is 0.289 e. The number of hydrogen-bond acceptors (Lipinski definition) is 5. The van der Waals surface area contributed by atoms with Gasteiger partial charge in [-0.15, -0.1) is 0 Å². The van der Waals surface area contributed by atoms with Crippen molar-refractivity contribution >= 4 is 21.9 Å². The van der Waals surface area contributed by atoms with Crippen LogP contribution in [-0.4, -0.2) is 81.7 Å². The summed E-state index contributed by atoms with van der Waals surface area (Å²) in [6.07, 6.45) is 1.49. The minimum Gasteiger partial charge on any atom is -0.459 e. The highest BCUT2D eigenvalue weighted by Crippen LogP contribution is 2.09. The number of carbonyl (C=O) groups is 1. The lowest BCUT2D eigenvalue weighted by Gasteiger charge is -2.36. The van der Waals surface area contributed by atoms with Crippen LogP contribution in [0.5, 0.6) is 0 Å². The van der Waals surface area contributed by atoms with Gasteiger partial charge < -0.3 is 19.5 Å². The van der Waals surface area contributed by atoms with E-state index < -0.39 is 10.0 Å². The fourth-order valence-electron chi connectivity index (χ4n) is 2.57. The van der Waals surface area contributed by atoms with Gasteiger partial charge in [-0.05, 0) is 26.0 Å². The fraction of sp³-hybridized carbons (Fsp3) is 0.625. The predicted molar refractivity (Wildman–Crippen MR) is 99.6 cm³/mol. The SMILES string of the molecule is CCNC(=NCCNS(=O)(=O)CC)N1CCN(C(=O)c2ccco2)CC1. The first kappa shape index (κ1) is 20.2. The predicted octanol–water partition coefficient (Wildman–Crippen LogP) is -0.0578. The van der Waals surface area contributed by atoms with Crippen molar-refractivity contribution in [2.75, 3.05) is 51.6 Å². The Kier molecular flexibility index (Phi) is 7.46. The lowest BCUT2D eigenvalue weighted by molar-refractivity contribution is 0.0657. The first-order chi connectivity index (χ1) is 12.5. The van der Waals surface area contributed by atoms with Crippen molar-refractivity contribution < 1.29 is 17.6 Å². The lowest BCUT2D eigenvalue weighted by Crippen LogP contribution is -2.53. The molecule has 1 aliphatic heterocycles. The van der Waals surface area contributed by atoms with Crippen LogP contribution in [0.25, 0.3) is 0 Å². The fourth-order valence-corrected chi connectivity index (χ4v) is 3.17. The normalized spacial score (nSPS) is 16.0. The molecule has 1 saturated heterocycles. The largest absolute Gasteiger partial charge is 0.459 e. The molecule has 0 spiro atoms. The number of hydrogen-bond donors (Lipinski definition) is 2.